The molecule has 3 fully saturated rings. The highest BCUT2D eigenvalue weighted by molar-refractivity contribution is 7.91. The lowest BCUT2D eigenvalue weighted by molar-refractivity contribution is -0.142. The molecule has 1 saturated carbocycles. The minimum atomic E-state index is -4.09. The third-order valence-corrected chi connectivity index (χ3v) is 16.0. The third kappa shape index (κ3) is 10.2. The number of sulfonamides is 1. The molecule has 5 atom stereocenters. The van der Waals surface area contributed by atoms with Gasteiger partial charge >= 0.3 is 6.09 Å². The molecule has 1 aromatic heterocycles. The molecule has 0 unspecified atom stereocenters. The highest BCUT2D eigenvalue weighted by Crippen LogP contribution is 2.46. The molecule has 0 bridgehead atoms. The fraction of sp³-hybridized carbons (Fsp3) is 0.653. The Balaban J connectivity index is 1.10. The Morgan fingerprint density at radius 3 is 2.59 bits per heavy atom. The van der Waals surface area contributed by atoms with Crippen LogP contribution in [0.4, 0.5) is 4.79 Å². The average Bonchev–Trinajstić information content (AvgIpc) is 3.95. The molecule has 6 aliphatic rings. The first-order chi connectivity index (χ1) is 31.4. The molecular weight excluding hydrogens is 865 g/mol. The number of allylic oxidation sites excluding steroid dienone is 1. The molecule has 16 nitrogen and oxygen atoms in total. The summed E-state index contributed by atoms with van der Waals surface area (Å²) in [4.78, 5) is 66.4. The molecular formula is C49H66N6O10S. The van der Waals surface area contributed by atoms with Gasteiger partial charge in [-0.15, -0.1) is 0 Å². The summed E-state index contributed by atoms with van der Waals surface area (Å²) in [5.41, 5.74) is -0.736. The minimum absolute atomic E-state index is 0.00695. The molecule has 358 valence electrons. The number of fused-ring (bicyclic) bond motifs is 5. The molecule has 1 aromatic carbocycles. The van der Waals surface area contributed by atoms with E-state index in [0.29, 0.717) is 63.7 Å². The van der Waals surface area contributed by atoms with Gasteiger partial charge in [-0.3, -0.25) is 19.3 Å². The lowest BCUT2D eigenvalue weighted by Crippen LogP contribution is -2.68. The van der Waals surface area contributed by atoms with Crippen molar-refractivity contribution < 1.29 is 46.5 Å². The number of hydrogen-bond acceptors (Lipinski definition) is 12. The van der Waals surface area contributed by atoms with Gasteiger partial charge in [-0.1, -0.05) is 64.5 Å². The summed E-state index contributed by atoms with van der Waals surface area (Å²) in [5.74, 6) is 4.23. The van der Waals surface area contributed by atoms with Crippen LogP contribution in [0.3, 0.4) is 0 Å². The largest absolute Gasteiger partial charge is 0.494 e. The number of nitrogens with one attached hydrogen (secondary N) is 3. The van der Waals surface area contributed by atoms with E-state index in [-0.39, 0.29) is 25.0 Å². The second-order valence-electron chi connectivity index (χ2n) is 20.4. The van der Waals surface area contributed by atoms with Gasteiger partial charge < -0.3 is 34.5 Å². The highest BCUT2D eigenvalue weighted by Gasteiger charge is 2.58. The van der Waals surface area contributed by atoms with Gasteiger partial charge in [0, 0.05) is 37.0 Å². The molecule has 2 saturated heterocycles. The maximum Gasteiger partial charge on any atom is 0.407 e. The SMILES string of the molecule is CCc1nc2ccc(OCCCN3CCOCC3)cc2c2c1O[C@]1(CC2)C[C@H]2C(=O)N[C@]3(C(=O)NS(=O)(=O)C4(C)CC4)C#C[C@H]3/C=C\CCCCC[C@H](NC(=O)OCC(C)(C)C)C(=O)N2C1. The number of pyridine rings is 1. The number of amides is 4. The number of aryl methyl sites for hydroxylation is 2. The zero-order valence-corrected chi connectivity index (χ0v) is 39.9. The summed E-state index contributed by atoms with van der Waals surface area (Å²) in [6.45, 7) is 14.4. The first-order valence-corrected chi connectivity index (χ1v) is 25.3. The standard InChI is InChI=1S/C49H66N6O10S/c1-6-37-41-35(36-29-34(15-16-38(36)50-37)63-26-12-23-54-24-27-62-28-25-54)18-19-48(65-41)30-40-42(56)52-49(44(58)53-66(60,61)47(5)21-22-47)20-17-33(49)13-10-8-7-9-11-14-39(43(57)55(40)31-48)51-45(59)64-32-46(2,3)4/h10,13,15-16,29,33,39-40H,6-9,11-12,14,18-19,21-28,30-32H2,1-5H3,(H,51,59)(H,52,56)(H,53,58)/b13-10-/t33-,39+,40+,48-,49-/m1/s1. The topological polar surface area (TPSA) is 195 Å². The van der Waals surface area contributed by atoms with Crippen LogP contribution in [-0.2, 0) is 46.7 Å². The molecule has 3 N–H and O–H groups in total. The van der Waals surface area contributed by atoms with Gasteiger partial charge in [0.05, 0.1) is 54.8 Å². The van der Waals surface area contributed by atoms with E-state index in [2.05, 4.69) is 32.1 Å². The van der Waals surface area contributed by atoms with Gasteiger partial charge in [0.1, 0.15) is 29.2 Å². The van der Waals surface area contributed by atoms with Crippen LogP contribution in [0.15, 0.2) is 30.4 Å². The molecule has 66 heavy (non-hydrogen) atoms. The van der Waals surface area contributed by atoms with Crippen molar-refractivity contribution in [3.63, 3.8) is 0 Å². The number of ether oxygens (including phenoxy) is 4. The van der Waals surface area contributed by atoms with Crippen LogP contribution >= 0.6 is 0 Å². The van der Waals surface area contributed by atoms with Crippen LogP contribution in [0.1, 0.15) is 110 Å². The first-order valence-electron chi connectivity index (χ1n) is 23.8. The molecule has 4 amide bonds. The highest BCUT2D eigenvalue weighted by atomic mass is 32.2. The summed E-state index contributed by atoms with van der Waals surface area (Å²) in [6, 6.07) is 3.73. The monoisotopic (exact) mass is 930 g/mol. The number of morpholine rings is 1. The lowest BCUT2D eigenvalue weighted by atomic mass is 9.75. The molecule has 5 heterocycles. The smallest absolute Gasteiger partial charge is 0.407 e. The van der Waals surface area contributed by atoms with E-state index < -0.39 is 67.7 Å². The number of aromatic nitrogens is 1. The van der Waals surface area contributed by atoms with E-state index in [1.54, 1.807) is 13.0 Å². The van der Waals surface area contributed by atoms with Gasteiger partial charge in [0.2, 0.25) is 21.8 Å². The summed E-state index contributed by atoms with van der Waals surface area (Å²) >= 11 is 0. The Hall–Kier alpha value is -4.92. The van der Waals surface area contributed by atoms with Crippen molar-refractivity contribution in [3.8, 4) is 23.3 Å². The molecule has 4 aliphatic heterocycles. The fourth-order valence-electron chi connectivity index (χ4n) is 9.48. The van der Waals surface area contributed by atoms with Gasteiger partial charge in [0.25, 0.3) is 5.91 Å². The van der Waals surface area contributed by atoms with Gasteiger partial charge in [-0.2, -0.15) is 0 Å². The number of hydrogen-bond donors (Lipinski definition) is 3. The lowest BCUT2D eigenvalue weighted by Gasteiger charge is -2.38. The minimum Gasteiger partial charge on any atom is -0.494 e. The predicted molar refractivity (Wildman–Crippen MR) is 247 cm³/mol. The average molecular weight is 931 g/mol. The first kappa shape index (κ1) is 47.6. The summed E-state index contributed by atoms with van der Waals surface area (Å²) in [7, 11) is -4.09. The van der Waals surface area contributed by atoms with Crippen molar-refractivity contribution >= 4 is 44.7 Å². The predicted octanol–water partition coefficient (Wildman–Crippen LogP) is 4.71. The van der Waals surface area contributed by atoms with E-state index in [1.165, 1.54) is 4.90 Å². The molecule has 2 aromatic rings. The molecule has 8 rings (SSSR count). The van der Waals surface area contributed by atoms with Gasteiger partial charge in [0.15, 0.2) is 5.54 Å². The van der Waals surface area contributed by atoms with Crippen molar-refractivity contribution in [3.05, 3.63) is 41.6 Å². The number of carbonyl (C=O) groups is 4. The van der Waals surface area contributed by atoms with Crippen LogP contribution in [-0.4, -0.2) is 128 Å². The Morgan fingerprint density at radius 2 is 1.88 bits per heavy atom. The molecule has 1 spiro atoms. The Bertz CT molecular complexity index is 2410. The maximum atomic E-state index is 15.0. The zero-order chi connectivity index (χ0) is 46.9. The summed E-state index contributed by atoms with van der Waals surface area (Å²) in [5, 5.41) is 6.61. The van der Waals surface area contributed by atoms with Crippen LogP contribution in [0.2, 0.25) is 0 Å². The molecule has 17 heteroatoms. The van der Waals surface area contributed by atoms with E-state index in [0.717, 1.165) is 80.0 Å². The summed E-state index contributed by atoms with van der Waals surface area (Å²) in [6.07, 6.45) is 9.24. The van der Waals surface area contributed by atoms with Crippen LogP contribution in [0, 0.1) is 23.2 Å². The number of benzene rings is 1. The van der Waals surface area contributed by atoms with Crippen LogP contribution < -0.4 is 24.8 Å². The number of carbonyl (C=O) groups excluding carboxylic acids is 4. The van der Waals surface area contributed by atoms with Crippen molar-refractivity contribution in [2.75, 3.05) is 52.6 Å². The second-order valence-corrected chi connectivity index (χ2v) is 22.6. The van der Waals surface area contributed by atoms with Crippen LogP contribution in [0.5, 0.6) is 11.5 Å². The Labute approximate surface area is 388 Å². The fourth-order valence-corrected chi connectivity index (χ4v) is 10.8. The van der Waals surface area contributed by atoms with E-state index in [1.807, 2.05) is 52.0 Å². The van der Waals surface area contributed by atoms with Gasteiger partial charge in [-0.25, -0.2) is 22.9 Å². The van der Waals surface area contributed by atoms with Crippen molar-refractivity contribution in [2.24, 2.45) is 11.3 Å². The number of rotatable bonds is 11. The third-order valence-electron chi connectivity index (χ3n) is 13.9. The Morgan fingerprint density at radius 1 is 1.09 bits per heavy atom. The molecule has 2 aliphatic carbocycles. The van der Waals surface area contributed by atoms with Crippen LogP contribution in [0.25, 0.3) is 10.9 Å². The molecule has 0 radical (unpaired) electrons. The van der Waals surface area contributed by atoms with E-state index in [9.17, 15) is 22.8 Å². The zero-order valence-electron chi connectivity index (χ0n) is 39.1. The summed E-state index contributed by atoms with van der Waals surface area (Å²) < 4.78 is 52.3. The van der Waals surface area contributed by atoms with E-state index in [4.69, 9.17) is 23.9 Å². The van der Waals surface area contributed by atoms with Crippen molar-refractivity contribution in [1.82, 2.24) is 30.1 Å². The maximum absolute atomic E-state index is 15.0. The normalized spacial score (nSPS) is 28.1. The van der Waals surface area contributed by atoms with Crippen molar-refractivity contribution in [2.45, 2.75) is 140 Å². The van der Waals surface area contributed by atoms with E-state index >= 15 is 4.79 Å². The second kappa shape index (κ2) is 19.0. The quantitative estimate of drug-likeness (QED) is 0.160. The number of nitrogens with zero attached hydrogens (tertiary/aromatic N) is 3. The van der Waals surface area contributed by atoms with Gasteiger partial charge in [-0.05, 0) is 88.3 Å². The van der Waals surface area contributed by atoms with Crippen molar-refractivity contribution in [1.29, 1.82) is 0 Å². The number of alkyl carbamates (subject to hydrolysis) is 1. The Kier molecular flexibility index (Phi) is 13.7.